The molecule has 1 N–H and O–H groups in total. The fourth-order valence-corrected chi connectivity index (χ4v) is 5.91. The summed E-state index contributed by atoms with van der Waals surface area (Å²) >= 11 is 0. The smallest absolute Gasteiger partial charge is 0.244 e. The standard InChI is InChI=1S/C21H29N3O3/c1-26-19-5-3-2-4-16(19)23-11-6-17(20(23)25)24-14-21(7-9-22-10-8-21)15-12-27-13-18(15)24/h2-5,15,17-18,22H,6-14H2,1H3/t15-,17?,18+/m1/s1. The van der Waals surface area contributed by atoms with Crippen LogP contribution in [0.1, 0.15) is 19.3 Å². The zero-order chi connectivity index (χ0) is 18.4. The molecule has 146 valence electrons. The third-order valence-corrected chi connectivity index (χ3v) is 7.31. The number of amides is 1. The quantitative estimate of drug-likeness (QED) is 0.873. The van der Waals surface area contributed by atoms with Crippen LogP contribution >= 0.6 is 0 Å². The molecule has 4 fully saturated rings. The molecule has 0 bridgehead atoms. The number of nitrogens with one attached hydrogen (secondary N) is 1. The molecule has 4 heterocycles. The second-order valence-electron chi connectivity index (χ2n) is 8.46. The Morgan fingerprint density at radius 2 is 2.04 bits per heavy atom. The average Bonchev–Trinajstić information content (AvgIpc) is 3.40. The van der Waals surface area contributed by atoms with Gasteiger partial charge < -0.3 is 19.7 Å². The van der Waals surface area contributed by atoms with Gasteiger partial charge in [0.25, 0.3) is 0 Å². The second kappa shape index (κ2) is 6.76. The zero-order valence-electron chi connectivity index (χ0n) is 16.0. The minimum Gasteiger partial charge on any atom is -0.495 e. The number of anilines is 1. The van der Waals surface area contributed by atoms with Crippen molar-refractivity contribution in [1.29, 1.82) is 0 Å². The number of methoxy groups -OCH3 is 1. The number of carbonyl (C=O) groups excluding carboxylic acids is 1. The second-order valence-corrected chi connectivity index (χ2v) is 8.46. The van der Waals surface area contributed by atoms with E-state index < -0.39 is 0 Å². The molecule has 1 unspecified atom stereocenters. The van der Waals surface area contributed by atoms with E-state index >= 15 is 0 Å². The monoisotopic (exact) mass is 371 g/mol. The van der Waals surface area contributed by atoms with Crippen molar-refractivity contribution in [3.63, 3.8) is 0 Å². The summed E-state index contributed by atoms with van der Waals surface area (Å²) in [6.45, 7) is 5.61. The topological polar surface area (TPSA) is 54.0 Å². The largest absolute Gasteiger partial charge is 0.495 e. The van der Waals surface area contributed by atoms with Gasteiger partial charge in [0.05, 0.1) is 32.1 Å². The maximum Gasteiger partial charge on any atom is 0.244 e. The Balaban J connectivity index is 1.40. The van der Waals surface area contributed by atoms with Crippen LogP contribution in [0.25, 0.3) is 0 Å². The molecule has 0 aliphatic carbocycles. The molecule has 27 heavy (non-hydrogen) atoms. The SMILES string of the molecule is COc1ccccc1N1CCC(N2CC3(CCNCC3)[C@@H]3COC[C@@H]32)C1=O. The summed E-state index contributed by atoms with van der Waals surface area (Å²) in [5, 5.41) is 3.50. The molecule has 6 nitrogen and oxygen atoms in total. The molecule has 0 aromatic heterocycles. The number of piperidine rings is 1. The van der Waals surface area contributed by atoms with E-state index in [1.165, 1.54) is 12.8 Å². The molecule has 0 saturated carbocycles. The highest BCUT2D eigenvalue weighted by atomic mass is 16.5. The summed E-state index contributed by atoms with van der Waals surface area (Å²) in [6, 6.07) is 8.20. The van der Waals surface area contributed by atoms with Crippen LogP contribution in [0.2, 0.25) is 0 Å². The Labute approximate surface area is 160 Å². The van der Waals surface area contributed by atoms with E-state index in [-0.39, 0.29) is 11.9 Å². The lowest BCUT2D eigenvalue weighted by Gasteiger charge is -2.38. The van der Waals surface area contributed by atoms with Crippen molar-refractivity contribution < 1.29 is 14.3 Å². The predicted molar refractivity (Wildman–Crippen MR) is 103 cm³/mol. The highest BCUT2D eigenvalue weighted by Crippen LogP contribution is 2.50. The molecule has 5 rings (SSSR count). The molecule has 1 aromatic carbocycles. The number of hydrogen-bond acceptors (Lipinski definition) is 5. The Bertz CT molecular complexity index is 718. The van der Waals surface area contributed by atoms with E-state index in [0.717, 1.165) is 57.3 Å². The predicted octanol–water partition coefficient (Wildman–Crippen LogP) is 1.50. The lowest BCUT2D eigenvalue weighted by atomic mass is 9.70. The molecule has 4 aliphatic heterocycles. The fourth-order valence-electron chi connectivity index (χ4n) is 5.91. The van der Waals surface area contributed by atoms with Gasteiger partial charge in [0.2, 0.25) is 5.91 Å². The first-order valence-corrected chi connectivity index (χ1v) is 10.2. The molecular formula is C21H29N3O3. The van der Waals surface area contributed by atoms with Crippen LogP contribution in [0.3, 0.4) is 0 Å². The molecule has 4 saturated heterocycles. The maximum absolute atomic E-state index is 13.4. The van der Waals surface area contributed by atoms with Crippen LogP contribution < -0.4 is 15.0 Å². The Hall–Kier alpha value is -1.63. The van der Waals surface area contributed by atoms with E-state index in [1.807, 2.05) is 29.2 Å². The molecule has 6 heteroatoms. The van der Waals surface area contributed by atoms with Gasteiger partial charge in [-0.05, 0) is 49.9 Å². The highest BCUT2D eigenvalue weighted by Gasteiger charge is 2.58. The van der Waals surface area contributed by atoms with E-state index in [9.17, 15) is 4.79 Å². The van der Waals surface area contributed by atoms with Gasteiger partial charge in [0.1, 0.15) is 5.75 Å². The van der Waals surface area contributed by atoms with Gasteiger partial charge in [-0.2, -0.15) is 0 Å². The number of para-hydroxylation sites is 2. The van der Waals surface area contributed by atoms with Crippen molar-refractivity contribution in [2.75, 3.05) is 51.4 Å². The third kappa shape index (κ3) is 2.69. The molecule has 1 aromatic rings. The van der Waals surface area contributed by atoms with E-state index in [2.05, 4.69) is 10.2 Å². The van der Waals surface area contributed by atoms with Gasteiger partial charge >= 0.3 is 0 Å². The van der Waals surface area contributed by atoms with Crippen LogP contribution in [-0.4, -0.2) is 69.4 Å². The van der Waals surface area contributed by atoms with Crippen LogP contribution in [0.15, 0.2) is 24.3 Å². The molecule has 4 aliphatic rings. The van der Waals surface area contributed by atoms with Gasteiger partial charge in [0, 0.05) is 25.0 Å². The highest BCUT2D eigenvalue weighted by molar-refractivity contribution is 6.00. The summed E-state index contributed by atoms with van der Waals surface area (Å²) < 4.78 is 11.4. The van der Waals surface area contributed by atoms with Gasteiger partial charge in [-0.25, -0.2) is 0 Å². The fraction of sp³-hybridized carbons (Fsp3) is 0.667. The normalized spacial score (nSPS) is 33.0. The first-order chi connectivity index (χ1) is 13.2. The van der Waals surface area contributed by atoms with Crippen molar-refractivity contribution in [1.82, 2.24) is 10.2 Å². The first kappa shape index (κ1) is 17.5. The number of carbonyl (C=O) groups is 1. The minimum absolute atomic E-state index is 0.0293. The van der Waals surface area contributed by atoms with Gasteiger partial charge in [-0.1, -0.05) is 12.1 Å². The molecule has 1 spiro atoms. The number of benzene rings is 1. The summed E-state index contributed by atoms with van der Waals surface area (Å²) in [7, 11) is 1.67. The zero-order valence-corrected chi connectivity index (χ0v) is 16.0. The maximum atomic E-state index is 13.4. The number of rotatable bonds is 3. The molecule has 0 radical (unpaired) electrons. The third-order valence-electron chi connectivity index (χ3n) is 7.31. The average molecular weight is 371 g/mol. The number of nitrogens with zero attached hydrogens (tertiary/aromatic N) is 2. The van der Waals surface area contributed by atoms with E-state index in [0.29, 0.717) is 17.4 Å². The number of likely N-dealkylation sites (tertiary alicyclic amines) is 1. The van der Waals surface area contributed by atoms with Crippen LogP contribution in [0.4, 0.5) is 5.69 Å². The van der Waals surface area contributed by atoms with Crippen molar-refractivity contribution >= 4 is 11.6 Å². The van der Waals surface area contributed by atoms with Gasteiger partial charge in [0.15, 0.2) is 0 Å². The lowest BCUT2D eigenvalue weighted by Crippen LogP contribution is -2.47. The first-order valence-electron chi connectivity index (χ1n) is 10.2. The van der Waals surface area contributed by atoms with E-state index in [4.69, 9.17) is 9.47 Å². The van der Waals surface area contributed by atoms with Gasteiger partial charge in [-0.3, -0.25) is 9.69 Å². The van der Waals surface area contributed by atoms with Crippen molar-refractivity contribution in [3.05, 3.63) is 24.3 Å². The Kier molecular flexibility index (Phi) is 4.37. The minimum atomic E-state index is -0.0293. The summed E-state index contributed by atoms with van der Waals surface area (Å²) in [5.41, 5.74) is 1.22. The molecular weight excluding hydrogens is 342 g/mol. The summed E-state index contributed by atoms with van der Waals surface area (Å²) in [6.07, 6.45) is 3.28. The van der Waals surface area contributed by atoms with E-state index in [1.54, 1.807) is 7.11 Å². The van der Waals surface area contributed by atoms with Crippen molar-refractivity contribution in [3.8, 4) is 5.75 Å². The summed E-state index contributed by atoms with van der Waals surface area (Å²) in [4.78, 5) is 17.8. The number of hydrogen-bond donors (Lipinski definition) is 1. The van der Waals surface area contributed by atoms with Gasteiger partial charge in [-0.15, -0.1) is 0 Å². The Morgan fingerprint density at radius 3 is 2.85 bits per heavy atom. The van der Waals surface area contributed by atoms with Crippen molar-refractivity contribution in [2.45, 2.75) is 31.3 Å². The lowest BCUT2D eigenvalue weighted by molar-refractivity contribution is -0.122. The van der Waals surface area contributed by atoms with Crippen molar-refractivity contribution in [2.24, 2.45) is 11.3 Å². The van der Waals surface area contributed by atoms with Crippen LogP contribution in [-0.2, 0) is 9.53 Å². The number of ether oxygens (including phenoxy) is 2. The summed E-state index contributed by atoms with van der Waals surface area (Å²) in [5.74, 6) is 1.56. The van der Waals surface area contributed by atoms with Crippen LogP contribution in [0, 0.1) is 11.3 Å². The molecule has 1 amide bonds. The Morgan fingerprint density at radius 1 is 1.22 bits per heavy atom. The van der Waals surface area contributed by atoms with Crippen LogP contribution in [0.5, 0.6) is 5.75 Å². The molecule has 3 atom stereocenters. The number of fused-ring (bicyclic) bond motifs is 2.